The second-order valence-corrected chi connectivity index (χ2v) is 7.50. The number of fused-ring (bicyclic) bond motifs is 1. The Hall–Kier alpha value is -2.93. The molecule has 1 aromatic heterocycles. The van der Waals surface area contributed by atoms with Gasteiger partial charge in [-0.3, -0.25) is 9.69 Å². The molecule has 2 aromatic carbocycles. The average molecular weight is 381 g/mol. The fourth-order valence-corrected chi connectivity index (χ4v) is 4.36. The van der Waals surface area contributed by atoms with Crippen molar-refractivity contribution in [2.45, 2.75) is 25.4 Å². The Kier molecular flexibility index (Phi) is 4.31. The molecule has 2 heterocycles. The maximum Gasteiger partial charge on any atom is 0.325 e. The number of nitrogens with one attached hydrogen (secondary N) is 1. The molecule has 0 saturated carbocycles. The third-order valence-electron chi connectivity index (χ3n) is 4.92. The lowest BCUT2D eigenvalue weighted by molar-refractivity contribution is -0.132. The first kappa shape index (κ1) is 17.5. The van der Waals surface area contributed by atoms with Crippen LogP contribution in [-0.2, 0) is 16.9 Å². The van der Waals surface area contributed by atoms with Gasteiger partial charge in [-0.25, -0.2) is 9.78 Å². The third-order valence-corrected chi connectivity index (χ3v) is 5.94. The summed E-state index contributed by atoms with van der Waals surface area (Å²) in [6.45, 7) is 2.06. The van der Waals surface area contributed by atoms with E-state index in [9.17, 15) is 9.59 Å². The molecule has 0 spiro atoms. The highest BCUT2D eigenvalue weighted by molar-refractivity contribution is 7.18. The van der Waals surface area contributed by atoms with Crippen molar-refractivity contribution in [2.24, 2.45) is 0 Å². The monoisotopic (exact) mass is 381 g/mol. The molecule has 0 bridgehead atoms. The lowest BCUT2D eigenvalue weighted by Gasteiger charge is -2.25. The number of amides is 3. The Morgan fingerprint density at radius 2 is 1.89 bits per heavy atom. The molecule has 1 fully saturated rings. The second kappa shape index (κ2) is 6.66. The van der Waals surface area contributed by atoms with E-state index in [-0.39, 0.29) is 12.5 Å². The van der Waals surface area contributed by atoms with E-state index in [0.717, 1.165) is 20.8 Å². The van der Waals surface area contributed by atoms with E-state index in [4.69, 9.17) is 4.74 Å². The van der Waals surface area contributed by atoms with Crippen molar-refractivity contribution >= 4 is 33.5 Å². The molecule has 1 saturated heterocycles. The molecule has 138 valence electrons. The van der Waals surface area contributed by atoms with Crippen molar-refractivity contribution in [2.75, 3.05) is 7.11 Å². The van der Waals surface area contributed by atoms with E-state index < -0.39 is 11.6 Å². The van der Waals surface area contributed by atoms with Gasteiger partial charge in [-0.15, -0.1) is 11.3 Å². The highest BCUT2D eigenvalue weighted by atomic mass is 32.1. The molecule has 4 rings (SSSR count). The molecule has 6 nitrogen and oxygen atoms in total. The number of benzene rings is 2. The summed E-state index contributed by atoms with van der Waals surface area (Å²) in [6, 6.07) is 14.6. The zero-order valence-electron chi connectivity index (χ0n) is 15.1. The smallest absolute Gasteiger partial charge is 0.325 e. The molecule has 0 aliphatic carbocycles. The minimum atomic E-state index is -1.06. The number of hydrogen-bond donors (Lipinski definition) is 1. The Labute approximate surface area is 160 Å². The van der Waals surface area contributed by atoms with Gasteiger partial charge in [-0.05, 0) is 36.2 Å². The fraction of sp³-hybridized carbons (Fsp3) is 0.250. The van der Waals surface area contributed by atoms with Gasteiger partial charge in [0.25, 0.3) is 5.91 Å². The number of ether oxygens (including phenoxy) is 1. The summed E-state index contributed by atoms with van der Waals surface area (Å²) in [5, 5.41) is 3.64. The Balaban J connectivity index is 1.65. The van der Waals surface area contributed by atoms with Crippen LogP contribution in [0.2, 0.25) is 0 Å². The van der Waals surface area contributed by atoms with Crippen LogP contribution in [0, 0.1) is 0 Å². The highest BCUT2D eigenvalue weighted by Crippen LogP contribution is 2.34. The molecule has 27 heavy (non-hydrogen) atoms. The van der Waals surface area contributed by atoms with Crippen LogP contribution in [0.3, 0.4) is 0 Å². The normalized spacial score (nSPS) is 19.6. The van der Waals surface area contributed by atoms with Gasteiger partial charge in [-0.1, -0.05) is 31.2 Å². The number of urea groups is 1. The molecule has 0 radical (unpaired) electrons. The molecular formula is C20H19N3O3S. The van der Waals surface area contributed by atoms with E-state index in [0.29, 0.717) is 12.2 Å². The van der Waals surface area contributed by atoms with Crippen LogP contribution in [0.25, 0.3) is 10.2 Å². The predicted molar refractivity (Wildman–Crippen MR) is 104 cm³/mol. The van der Waals surface area contributed by atoms with Crippen LogP contribution in [0.15, 0.2) is 48.5 Å². The number of thiazole rings is 1. The van der Waals surface area contributed by atoms with Crippen molar-refractivity contribution in [3.05, 3.63) is 59.1 Å². The standard InChI is InChI=1S/C20H19N3O3S/c1-3-20(13-8-10-14(26-2)11-9-13)18(24)23(19(25)22-20)12-17-21-15-6-4-5-7-16(15)27-17/h4-11H,3,12H2,1-2H3,(H,22,25)/t20-/m1/s1. The largest absolute Gasteiger partial charge is 0.497 e. The topological polar surface area (TPSA) is 71.5 Å². The first-order valence-electron chi connectivity index (χ1n) is 8.70. The van der Waals surface area contributed by atoms with Crippen molar-refractivity contribution in [3.63, 3.8) is 0 Å². The third kappa shape index (κ3) is 2.84. The molecule has 1 N–H and O–H groups in total. The number of nitrogens with zero attached hydrogens (tertiary/aromatic N) is 2. The van der Waals surface area contributed by atoms with Crippen LogP contribution >= 0.6 is 11.3 Å². The first-order chi connectivity index (χ1) is 13.1. The van der Waals surface area contributed by atoms with E-state index in [1.165, 1.54) is 16.2 Å². The summed E-state index contributed by atoms with van der Waals surface area (Å²) in [7, 11) is 1.59. The molecule has 3 aromatic rings. The Bertz CT molecular complexity index is 982. The molecule has 1 aliphatic rings. The van der Waals surface area contributed by atoms with Gasteiger partial charge in [0.1, 0.15) is 16.3 Å². The van der Waals surface area contributed by atoms with Crippen molar-refractivity contribution in [3.8, 4) is 5.75 Å². The maximum atomic E-state index is 13.2. The zero-order chi connectivity index (χ0) is 19.0. The van der Waals surface area contributed by atoms with Gasteiger partial charge in [0.2, 0.25) is 0 Å². The van der Waals surface area contributed by atoms with E-state index in [1.54, 1.807) is 19.2 Å². The summed E-state index contributed by atoms with van der Waals surface area (Å²) in [4.78, 5) is 31.7. The van der Waals surface area contributed by atoms with Gasteiger partial charge < -0.3 is 10.1 Å². The van der Waals surface area contributed by atoms with Gasteiger partial charge in [0, 0.05) is 0 Å². The number of methoxy groups -OCH3 is 1. The van der Waals surface area contributed by atoms with E-state index >= 15 is 0 Å². The van der Waals surface area contributed by atoms with Crippen LogP contribution < -0.4 is 10.1 Å². The van der Waals surface area contributed by atoms with Crippen LogP contribution in [0.1, 0.15) is 23.9 Å². The number of carbonyl (C=O) groups is 2. The van der Waals surface area contributed by atoms with Crippen LogP contribution in [-0.4, -0.2) is 28.9 Å². The molecule has 3 amide bonds. The van der Waals surface area contributed by atoms with Gasteiger partial charge in [0.15, 0.2) is 0 Å². The second-order valence-electron chi connectivity index (χ2n) is 6.38. The predicted octanol–water partition coefficient (Wildman–Crippen LogP) is 3.66. The summed E-state index contributed by atoms with van der Waals surface area (Å²) in [6.07, 6.45) is 0.459. The fourth-order valence-electron chi connectivity index (χ4n) is 3.41. The number of rotatable bonds is 5. The lowest BCUT2D eigenvalue weighted by atomic mass is 9.87. The summed E-state index contributed by atoms with van der Waals surface area (Å²) in [5.74, 6) is 0.451. The van der Waals surface area contributed by atoms with E-state index in [1.807, 2.05) is 43.3 Å². The average Bonchev–Trinajstić information content (AvgIpc) is 3.22. The molecule has 0 unspecified atom stereocenters. The minimum Gasteiger partial charge on any atom is -0.497 e. The van der Waals surface area contributed by atoms with Gasteiger partial charge in [0.05, 0.1) is 23.9 Å². The molecule has 1 atom stereocenters. The SMILES string of the molecule is CC[C@]1(c2ccc(OC)cc2)NC(=O)N(Cc2nc3ccccc3s2)C1=O. The minimum absolute atomic E-state index is 0.169. The highest BCUT2D eigenvalue weighted by Gasteiger charge is 2.51. The maximum absolute atomic E-state index is 13.2. The van der Waals surface area contributed by atoms with E-state index in [2.05, 4.69) is 10.3 Å². The van der Waals surface area contributed by atoms with Crippen LogP contribution in [0.5, 0.6) is 5.75 Å². The van der Waals surface area contributed by atoms with Crippen molar-refractivity contribution < 1.29 is 14.3 Å². The Morgan fingerprint density at radius 3 is 2.56 bits per heavy atom. The number of carbonyl (C=O) groups excluding carboxylic acids is 2. The molecule has 7 heteroatoms. The number of para-hydroxylation sites is 1. The summed E-state index contributed by atoms with van der Waals surface area (Å²) in [5.41, 5.74) is 0.567. The Morgan fingerprint density at radius 1 is 1.15 bits per heavy atom. The number of imide groups is 1. The lowest BCUT2D eigenvalue weighted by Crippen LogP contribution is -2.43. The summed E-state index contributed by atoms with van der Waals surface area (Å²) >= 11 is 1.50. The van der Waals surface area contributed by atoms with Crippen molar-refractivity contribution in [1.29, 1.82) is 0 Å². The molecule has 1 aliphatic heterocycles. The van der Waals surface area contributed by atoms with Crippen LogP contribution in [0.4, 0.5) is 4.79 Å². The number of aromatic nitrogens is 1. The first-order valence-corrected chi connectivity index (χ1v) is 9.52. The van der Waals surface area contributed by atoms with Crippen molar-refractivity contribution in [1.82, 2.24) is 15.2 Å². The van der Waals surface area contributed by atoms with Gasteiger partial charge >= 0.3 is 6.03 Å². The summed E-state index contributed by atoms with van der Waals surface area (Å²) < 4.78 is 6.22. The zero-order valence-corrected chi connectivity index (χ0v) is 15.9. The molecular weight excluding hydrogens is 362 g/mol. The number of hydrogen-bond acceptors (Lipinski definition) is 5. The quantitative estimate of drug-likeness (QED) is 0.685. The van der Waals surface area contributed by atoms with Gasteiger partial charge in [-0.2, -0.15) is 0 Å².